The topological polar surface area (TPSA) is 63.1 Å². The van der Waals surface area contributed by atoms with Crippen LogP contribution in [-0.2, 0) is 0 Å². The Kier molecular flexibility index (Phi) is 4.70. The molecular weight excluding hydrogens is 266 g/mol. The van der Waals surface area contributed by atoms with Gasteiger partial charge in [0.2, 0.25) is 0 Å². The van der Waals surface area contributed by atoms with Gasteiger partial charge in [0.05, 0.1) is 17.6 Å². The molecule has 112 valence electrons. The zero-order valence-electron chi connectivity index (χ0n) is 12.9. The van der Waals surface area contributed by atoms with Gasteiger partial charge >= 0.3 is 0 Å². The fourth-order valence-electron chi connectivity index (χ4n) is 2.01. The van der Waals surface area contributed by atoms with Gasteiger partial charge in [-0.2, -0.15) is 5.10 Å². The third-order valence-electron chi connectivity index (χ3n) is 3.20. The highest BCUT2D eigenvalue weighted by atomic mass is 16.2. The number of carbonyl (C=O) groups excluding carboxylic acids is 1. The Morgan fingerprint density at radius 3 is 2.71 bits per heavy atom. The normalized spacial score (nSPS) is 12.2. The number of amides is 1. The zero-order valence-corrected chi connectivity index (χ0v) is 12.9. The van der Waals surface area contributed by atoms with Crippen molar-refractivity contribution in [2.75, 3.05) is 20.6 Å². The van der Waals surface area contributed by atoms with Crippen molar-refractivity contribution in [1.82, 2.24) is 25.0 Å². The third-order valence-corrected chi connectivity index (χ3v) is 3.20. The molecular formula is C15H21N5O. The first-order valence-corrected chi connectivity index (χ1v) is 7.00. The summed E-state index contributed by atoms with van der Waals surface area (Å²) in [4.78, 5) is 17.8. The van der Waals surface area contributed by atoms with Gasteiger partial charge in [-0.05, 0) is 31.7 Å². The summed E-state index contributed by atoms with van der Waals surface area (Å²) < 4.78 is 1.66. The SMILES string of the molecule is CCNC(C)c1ccc(-n2ccc(C(=O)N(C)C)n2)cn1. The molecule has 0 aliphatic heterocycles. The van der Waals surface area contributed by atoms with Crippen molar-refractivity contribution < 1.29 is 4.79 Å². The molecule has 0 spiro atoms. The largest absolute Gasteiger partial charge is 0.343 e. The van der Waals surface area contributed by atoms with Crippen molar-refractivity contribution in [3.63, 3.8) is 0 Å². The Balaban J connectivity index is 2.18. The minimum atomic E-state index is -0.112. The number of carbonyl (C=O) groups is 1. The molecule has 0 bridgehead atoms. The van der Waals surface area contributed by atoms with Gasteiger partial charge in [0, 0.05) is 26.3 Å². The highest BCUT2D eigenvalue weighted by molar-refractivity contribution is 5.91. The van der Waals surface area contributed by atoms with E-state index >= 15 is 0 Å². The maximum Gasteiger partial charge on any atom is 0.273 e. The monoisotopic (exact) mass is 287 g/mol. The van der Waals surface area contributed by atoms with Gasteiger partial charge in [-0.25, -0.2) is 4.68 Å². The van der Waals surface area contributed by atoms with E-state index in [2.05, 4.69) is 29.2 Å². The van der Waals surface area contributed by atoms with Crippen LogP contribution in [0, 0.1) is 0 Å². The van der Waals surface area contributed by atoms with Crippen molar-refractivity contribution in [3.05, 3.63) is 42.0 Å². The van der Waals surface area contributed by atoms with Crippen molar-refractivity contribution in [2.45, 2.75) is 19.9 Å². The second-order valence-electron chi connectivity index (χ2n) is 5.07. The van der Waals surface area contributed by atoms with Crippen LogP contribution in [0.25, 0.3) is 5.69 Å². The van der Waals surface area contributed by atoms with Crippen molar-refractivity contribution >= 4 is 5.91 Å². The van der Waals surface area contributed by atoms with Crippen LogP contribution >= 0.6 is 0 Å². The molecule has 1 N–H and O–H groups in total. The molecule has 0 radical (unpaired) electrons. The molecule has 0 aliphatic carbocycles. The molecule has 1 unspecified atom stereocenters. The molecule has 0 aliphatic rings. The Morgan fingerprint density at radius 1 is 1.38 bits per heavy atom. The summed E-state index contributed by atoms with van der Waals surface area (Å²) >= 11 is 0. The highest BCUT2D eigenvalue weighted by Crippen LogP contribution is 2.12. The van der Waals surface area contributed by atoms with E-state index in [1.807, 2.05) is 12.1 Å². The smallest absolute Gasteiger partial charge is 0.273 e. The first-order chi connectivity index (χ1) is 10.0. The van der Waals surface area contributed by atoms with E-state index in [0.29, 0.717) is 5.69 Å². The number of aromatic nitrogens is 3. The Bertz CT molecular complexity index is 603. The number of hydrogen-bond acceptors (Lipinski definition) is 4. The average Bonchev–Trinajstić information content (AvgIpc) is 2.96. The molecule has 0 saturated heterocycles. The first-order valence-electron chi connectivity index (χ1n) is 7.00. The molecule has 21 heavy (non-hydrogen) atoms. The molecule has 2 rings (SSSR count). The van der Waals surface area contributed by atoms with Crippen LogP contribution in [0.3, 0.4) is 0 Å². The number of pyridine rings is 1. The van der Waals surface area contributed by atoms with E-state index in [1.165, 1.54) is 4.90 Å². The zero-order chi connectivity index (χ0) is 15.4. The summed E-state index contributed by atoms with van der Waals surface area (Å²) in [6, 6.07) is 5.84. The molecule has 1 atom stereocenters. The van der Waals surface area contributed by atoms with Crippen LogP contribution in [0.4, 0.5) is 0 Å². The maximum absolute atomic E-state index is 11.8. The highest BCUT2D eigenvalue weighted by Gasteiger charge is 2.12. The summed E-state index contributed by atoms with van der Waals surface area (Å²) in [6.45, 7) is 5.05. The Hall–Kier alpha value is -2.21. The average molecular weight is 287 g/mol. The van der Waals surface area contributed by atoms with Crippen molar-refractivity contribution in [3.8, 4) is 5.69 Å². The van der Waals surface area contributed by atoms with Crippen LogP contribution in [0.15, 0.2) is 30.6 Å². The van der Waals surface area contributed by atoms with Gasteiger partial charge in [0.25, 0.3) is 5.91 Å². The molecule has 0 saturated carbocycles. The molecule has 1 amide bonds. The van der Waals surface area contributed by atoms with Crippen LogP contribution in [0.5, 0.6) is 0 Å². The van der Waals surface area contributed by atoms with Gasteiger partial charge in [0.1, 0.15) is 0 Å². The van der Waals surface area contributed by atoms with Crippen molar-refractivity contribution in [1.29, 1.82) is 0 Å². The van der Waals surface area contributed by atoms with E-state index in [4.69, 9.17) is 0 Å². The quantitative estimate of drug-likeness (QED) is 0.908. The van der Waals surface area contributed by atoms with E-state index in [-0.39, 0.29) is 11.9 Å². The van der Waals surface area contributed by atoms with Crippen LogP contribution < -0.4 is 5.32 Å². The fraction of sp³-hybridized carbons (Fsp3) is 0.400. The van der Waals surface area contributed by atoms with E-state index in [0.717, 1.165) is 17.9 Å². The number of rotatable bonds is 5. The van der Waals surface area contributed by atoms with E-state index in [9.17, 15) is 4.79 Å². The first kappa shape index (κ1) is 15.2. The molecule has 2 heterocycles. The van der Waals surface area contributed by atoms with Crippen LogP contribution in [0.1, 0.15) is 36.1 Å². The molecule has 6 heteroatoms. The lowest BCUT2D eigenvalue weighted by molar-refractivity contribution is 0.0821. The van der Waals surface area contributed by atoms with E-state index < -0.39 is 0 Å². The van der Waals surface area contributed by atoms with Gasteiger partial charge in [-0.3, -0.25) is 9.78 Å². The minimum Gasteiger partial charge on any atom is -0.343 e. The van der Waals surface area contributed by atoms with Crippen molar-refractivity contribution in [2.24, 2.45) is 0 Å². The summed E-state index contributed by atoms with van der Waals surface area (Å²) in [7, 11) is 3.42. The second kappa shape index (κ2) is 6.49. The molecule has 0 fully saturated rings. The maximum atomic E-state index is 11.8. The number of nitrogens with one attached hydrogen (secondary N) is 1. The van der Waals surface area contributed by atoms with Gasteiger partial charge < -0.3 is 10.2 Å². The van der Waals surface area contributed by atoms with Gasteiger partial charge in [-0.1, -0.05) is 6.92 Å². The third kappa shape index (κ3) is 3.46. The molecule has 0 aromatic carbocycles. The summed E-state index contributed by atoms with van der Waals surface area (Å²) in [5, 5.41) is 7.60. The fourth-order valence-corrected chi connectivity index (χ4v) is 2.01. The predicted octanol–water partition coefficient (Wildman–Crippen LogP) is 1.64. The standard InChI is InChI=1S/C15H21N5O/c1-5-16-11(2)13-7-6-12(10-17-13)20-9-8-14(18-20)15(21)19(3)4/h6-11,16H,5H2,1-4H3. The molecule has 6 nitrogen and oxygen atoms in total. The van der Waals surface area contributed by atoms with Crippen LogP contribution in [-0.4, -0.2) is 46.2 Å². The lowest BCUT2D eigenvalue weighted by Gasteiger charge is -2.12. The molecule has 2 aromatic heterocycles. The van der Waals surface area contributed by atoms with E-state index in [1.54, 1.807) is 37.2 Å². The lowest BCUT2D eigenvalue weighted by Crippen LogP contribution is -2.22. The summed E-state index contributed by atoms with van der Waals surface area (Å²) in [5.74, 6) is -0.112. The summed E-state index contributed by atoms with van der Waals surface area (Å²) in [6.07, 6.45) is 3.53. The lowest BCUT2D eigenvalue weighted by atomic mass is 10.2. The van der Waals surface area contributed by atoms with Gasteiger partial charge in [-0.15, -0.1) is 0 Å². The number of nitrogens with zero attached hydrogens (tertiary/aromatic N) is 4. The number of hydrogen-bond donors (Lipinski definition) is 1. The van der Waals surface area contributed by atoms with Gasteiger partial charge in [0.15, 0.2) is 5.69 Å². The second-order valence-corrected chi connectivity index (χ2v) is 5.07. The Labute approximate surface area is 124 Å². The van der Waals surface area contributed by atoms with Crippen LogP contribution in [0.2, 0.25) is 0 Å². The predicted molar refractivity (Wildman–Crippen MR) is 81.5 cm³/mol. The molecule has 2 aromatic rings. The summed E-state index contributed by atoms with van der Waals surface area (Å²) in [5.41, 5.74) is 2.24. The minimum absolute atomic E-state index is 0.112. The Morgan fingerprint density at radius 2 is 2.14 bits per heavy atom.